The Labute approximate surface area is 136 Å². The summed E-state index contributed by atoms with van der Waals surface area (Å²) in [4.78, 5) is 41.2. The normalized spacial score (nSPS) is 13.0. The molecule has 1 aliphatic heterocycles. The van der Waals surface area contributed by atoms with E-state index >= 15 is 0 Å². The lowest BCUT2D eigenvalue weighted by molar-refractivity contribution is -0.167. The summed E-state index contributed by atoms with van der Waals surface area (Å²) < 4.78 is 18.4. The third-order valence-corrected chi connectivity index (χ3v) is 3.53. The number of hydrogen-bond acceptors (Lipinski definition) is 5. The minimum atomic E-state index is -0.881. The van der Waals surface area contributed by atoms with Crippen LogP contribution in [0.3, 0.4) is 0 Å². The van der Waals surface area contributed by atoms with E-state index in [1.54, 1.807) is 12.1 Å². The van der Waals surface area contributed by atoms with Gasteiger partial charge in [-0.1, -0.05) is 17.2 Å². The molecule has 2 aromatic rings. The molecule has 0 saturated heterocycles. The fourth-order valence-electron chi connectivity index (χ4n) is 2.42. The Kier molecular flexibility index (Phi) is 3.99. The zero-order valence-corrected chi connectivity index (χ0v) is 12.6. The van der Waals surface area contributed by atoms with E-state index in [-0.39, 0.29) is 23.1 Å². The fourth-order valence-corrected chi connectivity index (χ4v) is 2.42. The molecular formula is C17H12FNO5. The molecule has 0 unspecified atom stereocenters. The number of imide groups is 1. The highest BCUT2D eigenvalue weighted by Crippen LogP contribution is 2.24. The second-order valence-electron chi connectivity index (χ2n) is 5.05. The lowest BCUT2D eigenvalue weighted by Gasteiger charge is -2.13. The second-order valence-corrected chi connectivity index (χ2v) is 5.05. The van der Waals surface area contributed by atoms with E-state index in [9.17, 15) is 18.8 Å². The summed E-state index contributed by atoms with van der Waals surface area (Å²) in [7, 11) is 1.38. The average molecular weight is 329 g/mol. The van der Waals surface area contributed by atoms with Crippen molar-refractivity contribution in [2.24, 2.45) is 0 Å². The number of hydroxylamine groups is 2. The first kappa shape index (κ1) is 15.7. The van der Waals surface area contributed by atoms with E-state index in [2.05, 4.69) is 0 Å². The summed E-state index contributed by atoms with van der Waals surface area (Å²) in [5.41, 5.74) is 0.580. The number of carbonyl (C=O) groups excluding carboxylic acids is 3. The molecule has 0 fully saturated rings. The van der Waals surface area contributed by atoms with E-state index in [1.165, 1.54) is 31.4 Å². The molecule has 3 rings (SSSR count). The number of methoxy groups -OCH3 is 1. The van der Waals surface area contributed by atoms with Crippen molar-refractivity contribution < 1.29 is 28.3 Å². The SMILES string of the molecule is COc1ccc(F)cc1CC(=O)ON1C(=O)c2ccccc2C1=O. The van der Waals surface area contributed by atoms with Crippen molar-refractivity contribution in [3.8, 4) is 5.75 Å². The number of halogens is 1. The van der Waals surface area contributed by atoms with Gasteiger partial charge in [-0.05, 0) is 30.3 Å². The topological polar surface area (TPSA) is 72.9 Å². The molecule has 2 aromatic carbocycles. The second kappa shape index (κ2) is 6.11. The molecule has 0 atom stereocenters. The molecule has 0 aliphatic carbocycles. The van der Waals surface area contributed by atoms with Gasteiger partial charge in [0.1, 0.15) is 11.6 Å². The van der Waals surface area contributed by atoms with Crippen molar-refractivity contribution in [3.05, 3.63) is 65.0 Å². The Morgan fingerprint density at radius 3 is 2.29 bits per heavy atom. The number of rotatable bonds is 4. The van der Waals surface area contributed by atoms with Gasteiger partial charge in [0.2, 0.25) is 0 Å². The summed E-state index contributed by atoms with van der Waals surface area (Å²) in [6.07, 6.45) is -0.353. The van der Waals surface area contributed by atoms with Gasteiger partial charge < -0.3 is 9.57 Å². The maximum atomic E-state index is 13.3. The first-order valence-electron chi connectivity index (χ1n) is 7.02. The van der Waals surface area contributed by atoms with E-state index < -0.39 is 23.6 Å². The predicted octanol–water partition coefficient (Wildman–Crippen LogP) is 2.13. The smallest absolute Gasteiger partial charge is 0.337 e. The van der Waals surface area contributed by atoms with Gasteiger partial charge in [0.05, 0.1) is 24.7 Å². The summed E-state index contributed by atoms with van der Waals surface area (Å²) in [6, 6.07) is 9.85. The third-order valence-electron chi connectivity index (χ3n) is 3.53. The van der Waals surface area contributed by atoms with Gasteiger partial charge in [-0.15, -0.1) is 0 Å². The van der Waals surface area contributed by atoms with Crippen molar-refractivity contribution in [2.45, 2.75) is 6.42 Å². The number of hydrogen-bond donors (Lipinski definition) is 0. The molecule has 0 spiro atoms. The fraction of sp³-hybridized carbons (Fsp3) is 0.118. The first-order valence-corrected chi connectivity index (χ1v) is 7.02. The Morgan fingerprint density at radius 1 is 1.08 bits per heavy atom. The summed E-state index contributed by atoms with van der Waals surface area (Å²) in [6.45, 7) is 0. The van der Waals surface area contributed by atoms with Gasteiger partial charge in [-0.3, -0.25) is 9.59 Å². The summed E-state index contributed by atoms with van der Waals surface area (Å²) >= 11 is 0. The van der Waals surface area contributed by atoms with E-state index in [1.807, 2.05) is 0 Å². The molecule has 0 saturated carbocycles. The molecule has 0 aromatic heterocycles. The van der Waals surface area contributed by atoms with Crippen LogP contribution < -0.4 is 4.74 Å². The Bertz CT molecular complexity index is 814. The van der Waals surface area contributed by atoms with Gasteiger partial charge in [-0.25, -0.2) is 9.18 Å². The highest BCUT2D eigenvalue weighted by atomic mass is 19.1. The van der Waals surface area contributed by atoms with Gasteiger partial charge in [0, 0.05) is 5.56 Å². The largest absolute Gasteiger partial charge is 0.496 e. The lowest BCUT2D eigenvalue weighted by Crippen LogP contribution is -2.33. The number of fused-ring (bicyclic) bond motifs is 1. The summed E-state index contributed by atoms with van der Waals surface area (Å²) in [5, 5.41) is 0.415. The number of carbonyl (C=O) groups is 3. The molecule has 0 radical (unpaired) electrons. The quantitative estimate of drug-likeness (QED) is 0.804. The zero-order valence-electron chi connectivity index (χ0n) is 12.6. The number of amides is 2. The van der Waals surface area contributed by atoms with E-state index in [4.69, 9.17) is 9.57 Å². The molecule has 122 valence electrons. The molecule has 2 amide bonds. The minimum Gasteiger partial charge on any atom is -0.496 e. The van der Waals surface area contributed by atoms with Crippen molar-refractivity contribution in [1.82, 2.24) is 5.06 Å². The van der Waals surface area contributed by atoms with Crippen molar-refractivity contribution >= 4 is 17.8 Å². The van der Waals surface area contributed by atoms with Crippen molar-refractivity contribution in [1.29, 1.82) is 0 Å². The van der Waals surface area contributed by atoms with Crippen LogP contribution in [-0.2, 0) is 16.1 Å². The number of nitrogens with zero attached hydrogens (tertiary/aromatic N) is 1. The van der Waals surface area contributed by atoms with Gasteiger partial charge in [0.15, 0.2) is 0 Å². The molecule has 24 heavy (non-hydrogen) atoms. The molecule has 1 heterocycles. The third kappa shape index (κ3) is 2.71. The molecule has 1 aliphatic rings. The van der Waals surface area contributed by atoms with Crippen LogP contribution in [0.4, 0.5) is 4.39 Å². The maximum Gasteiger partial charge on any atom is 0.337 e. The molecule has 6 nitrogen and oxygen atoms in total. The molecular weight excluding hydrogens is 317 g/mol. The number of benzene rings is 2. The van der Waals surface area contributed by atoms with E-state index in [0.29, 0.717) is 10.8 Å². The Balaban J connectivity index is 1.76. The lowest BCUT2D eigenvalue weighted by atomic mass is 10.1. The number of ether oxygens (including phenoxy) is 1. The van der Waals surface area contributed by atoms with Crippen LogP contribution in [0, 0.1) is 5.82 Å². The highest BCUT2D eigenvalue weighted by Gasteiger charge is 2.38. The average Bonchev–Trinajstić information content (AvgIpc) is 2.80. The van der Waals surface area contributed by atoms with Crippen LogP contribution in [0.5, 0.6) is 5.75 Å². The highest BCUT2D eigenvalue weighted by molar-refractivity contribution is 6.20. The van der Waals surface area contributed by atoms with Crippen LogP contribution in [0.15, 0.2) is 42.5 Å². The van der Waals surface area contributed by atoms with Gasteiger partial charge >= 0.3 is 5.97 Å². The monoisotopic (exact) mass is 329 g/mol. The maximum absolute atomic E-state index is 13.3. The molecule has 0 N–H and O–H groups in total. The van der Waals surface area contributed by atoms with Crippen LogP contribution in [-0.4, -0.2) is 30.0 Å². The van der Waals surface area contributed by atoms with Crippen molar-refractivity contribution in [3.63, 3.8) is 0 Å². The summed E-state index contributed by atoms with van der Waals surface area (Å²) in [5.74, 6) is -2.55. The zero-order chi connectivity index (χ0) is 17.3. The van der Waals surface area contributed by atoms with Crippen LogP contribution in [0.1, 0.15) is 26.3 Å². The van der Waals surface area contributed by atoms with E-state index in [0.717, 1.165) is 6.07 Å². The van der Waals surface area contributed by atoms with Gasteiger partial charge in [0.25, 0.3) is 11.8 Å². The first-order chi connectivity index (χ1) is 11.5. The molecule has 7 heteroatoms. The van der Waals surface area contributed by atoms with Crippen LogP contribution >= 0.6 is 0 Å². The Hall–Kier alpha value is -3.22. The van der Waals surface area contributed by atoms with Crippen LogP contribution in [0.25, 0.3) is 0 Å². The van der Waals surface area contributed by atoms with Crippen molar-refractivity contribution in [2.75, 3.05) is 7.11 Å². The predicted molar refractivity (Wildman–Crippen MR) is 79.7 cm³/mol. The molecule has 0 bridgehead atoms. The standard InChI is InChI=1S/C17H12FNO5/c1-23-14-7-6-11(18)8-10(14)9-15(20)24-19-16(21)12-4-2-3-5-13(12)17(19)22/h2-8H,9H2,1H3. The Morgan fingerprint density at radius 2 is 1.71 bits per heavy atom. The van der Waals surface area contributed by atoms with Crippen LogP contribution in [0.2, 0.25) is 0 Å². The minimum absolute atomic E-state index is 0.165. The van der Waals surface area contributed by atoms with Gasteiger partial charge in [-0.2, -0.15) is 0 Å².